The largest absolute Gasteiger partial charge is 0.333 e. The van der Waals surface area contributed by atoms with E-state index in [0.717, 1.165) is 11.1 Å². The second kappa shape index (κ2) is 8.39. The Kier molecular flexibility index (Phi) is 5.43. The Hall–Kier alpha value is -3.19. The molecule has 32 heavy (non-hydrogen) atoms. The Bertz CT molecular complexity index is 1460. The number of benzene rings is 2. The van der Waals surface area contributed by atoms with Crippen molar-refractivity contribution in [3.05, 3.63) is 99.1 Å². The highest BCUT2D eigenvalue weighted by Crippen LogP contribution is 2.34. The van der Waals surface area contributed by atoms with Gasteiger partial charge in [-0.15, -0.1) is 0 Å². The van der Waals surface area contributed by atoms with E-state index < -0.39 is 5.78 Å². The topological polar surface area (TPSA) is 73.8 Å². The van der Waals surface area contributed by atoms with Gasteiger partial charge in [-0.2, -0.15) is 4.98 Å². The average Bonchev–Trinajstić information content (AvgIpc) is 3.40. The van der Waals surface area contributed by atoms with Crippen molar-refractivity contribution < 1.29 is 9.32 Å². The molecule has 0 radical (unpaired) electrons. The first-order valence-electron chi connectivity index (χ1n) is 9.52. The van der Waals surface area contributed by atoms with Gasteiger partial charge in [0.2, 0.25) is 11.6 Å². The van der Waals surface area contributed by atoms with Crippen LogP contribution in [-0.2, 0) is 6.54 Å². The molecule has 9 heteroatoms. The molecule has 0 unspecified atom stereocenters. The van der Waals surface area contributed by atoms with E-state index in [4.69, 9.17) is 39.3 Å². The number of halogens is 3. The molecule has 0 saturated carbocycles. The van der Waals surface area contributed by atoms with Crippen LogP contribution in [0.2, 0.25) is 15.2 Å². The molecular formula is C23H13Cl3N4O2. The van der Waals surface area contributed by atoms with Crippen LogP contribution in [0.25, 0.3) is 22.4 Å². The molecule has 2 aromatic carbocycles. The Labute approximate surface area is 197 Å². The Balaban J connectivity index is 1.58. The third kappa shape index (κ3) is 3.66. The summed E-state index contributed by atoms with van der Waals surface area (Å²) in [7, 11) is 0. The second-order valence-corrected chi connectivity index (χ2v) is 8.19. The van der Waals surface area contributed by atoms with Crippen LogP contribution in [0.15, 0.2) is 71.5 Å². The second-order valence-electron chi connectivity index (χ2n) is 6.99. The zero-order chi connectivity index (χ0) is 22.2. The van der Waals surface area contributed by atoms with Gasteiger partial charge >= 0.3 is 0 Å². The SMILES string of the molecule is O=C(c1noc(-c2ccncc2)n1)c1c(Cl)n(Cc2ccc(Cl)cc2Cl)c2ccccc12. The molecule has 0 aliphatic rings. The fourth-order valence-electron chi connectivity index (χ4n) is 3.50. The maximum atomic E-state index is 13.4. The third-order valence-electron chi connectivity index (χ3n) is 5.03. The van der Waals surface area contributed by atoms with Crippen LogP contribution in [0.5, 0.6) is 0 Å². The van der Waals surface area contributed by atoms with Crippen molar-refractivity contribution in [2.24, 2.45) is 0 Å². The fourth-order valence-corrected chi connectivity index (χ4v) is 4.31. The van der Waals surface area contributed by atoms with Crippen LogP contribution < -0.4 is 0 Å². The van der Waals surface area contributed by atoms with Gasteiger partial charge in [0.25, 0.3) is 5.89 Å². The summed E-state index contributed by atoms with van der Waals surface area (Å²) in [5.74, 6) is -0.286. The summed E-state index contributed by atoms with van der Waals surface area (Å²) >= 11 is 19.1. The molecule has 0 fully saturated rings. The number of nitrogens with zero attached hydrogens (tertiary/aromatic N) is 4. The minimum absolute atomic E-state index is 0.0776. The predicted molar refractivity (Wildman–Crippen MR) is 123 cm³/mol. The standard InChI is InChI=1S/C23H13Cl3N4O2/c24-15-6-5-14(17(25)11-15)12-30-18-4-2-1-3-16(18)19(21(30)26)20(31)22-28-23(32-29-22)13-7-9-27-10-8-13/h1-11H,12H2. The van der Waals surface area contributed by atoms with Gasteiger partial charge in [0.05, 0.1) is 17.6 Å². The maximum Gasteiger partial charge on any atom is 0.258 e. The quantitative estimate of drug-likeness (QED) is 0.273. The summed E-state index contributed by atoms with van der Waals surface area (Å²) in [5, 5.41) is 5.87. The van der Waals surface area contributed by atoms with Crippen molar-refractivity contribution >= 4 is 51.5 Å². The molecular weight excluding hydrogens is 471 g/mol. The number of pyridine rings is 1. The van der Waals surface area contributed by atoms with Crippen LogP contribution in [0.3, 0.4) is 0 Å². The maximum absolute atomic E-state index is 13.4. The third-order valence-corrected chi connectivity index (χ3v) is 6.01. The molecule has 5 rings (SSSR count). The molecule has 5 aromatic rings. The molecule has 0 aliphatic heterocycles. The molecule has 3 aromatic heterocycles. The summed E-state index contributed by atoms with van der Waals surface area (Å²) < 4.78 is 7.11. The molecule has 0 saturated heterocycles. The lowest BCUT2D eigenvalue weighted by molar-refractivity contribution is 0.102. The molecule has 3 heterocycles. The molecule has 0 aliphatic carbocycles. The van der Waals surface area contributed by atoms with Crippen LogP contribution in [-0.4, -0.2) is 25.5 Å². The average molecular weight is 484 g/mol. The van der Waals surface area contributed by atoms with Crippen molar-refractivity contribution in [3.63, 3.8) is 0 Å². The lowest BCUT2D eigenvalue weighted by Crippen LogP contribution is -2.06. The van der Waals surface area contributed by atoms with E-state index in [1.807, 2.05) is 34.9 Å². The number of carbonyl (C=O) groups excluding carboxylic acids is 1. The highest BCUT2D eigenvalue weighted by molar-refractivity contribution is 6.37. The first kappa shape index (κ1) is 20.7. The number of aromatic nitrogens is 4. The van der Waals surface area contributed by atoms with E-state index in [0.29, 0.717) is 33.1 Å². The zero-order valence-electron chi connectivity index (χ0n) is 16.3. The Morgan fingerprint density at radius 2 is 1.78 bits per heavy atom. The van der Waals surface area contributed by atoms with Gasteiger partial charge in [0, 0.05) is 33.4 Å². The minimum Gasteiger partial charge on any atom is -0.333 e. The molecule has 0 atom stereocenters. The van der Waals surface area contributed by atoms with E-state index in [1.165, 1.54) is 0 Å². The number of ketones is 1. The summed E-state index contributed by atoms with van der Waals surface area (Å²) in [4.78, 5) is 21.6. The van der Waals surface area contributed by atoms with Crippen molar-refractivity contribution in [3.8, 4) is 11.5 Å². The van der Waals surface area contributed by atoms with Crippen molar-refractivity contribution in [2.75, 3.05) is 0 Å². The van der Waals surface area contributed by atoms with Gasteiger partial charge in [-0.25, -0.2) is 0 Å². The number of para-hydroxylation sites is 1. The normalized spacial score (nSPS) is 11.2. The van der Waals surface area contributed by atoms with E-state index >= 15 is 0 Å². The fraction of sp³-hybridized carbons (Fsp3) is 0.0435. The van der Waals surface area contributed by atoms with Gasteiger partial charge in [-0.05, 0) is 35.9 Å². The van der Waals surface area contributed by atoms with Crippen LogP contribution >= 0.6 is 34.8 Å². The van der Waals surface area contributed by atoms with E-state index in [9.17, 15) is 4.79 Å². The monoisotopic (exact) mass is 482 g/mol. The molecule has 158 valence electrons. The molecule has 0 spiro atoms. The molecule has 0 amide bonds. The summed E-state index contributed by atoms with van der Waals surface area (Å²) in [6, 6.07) is 16.1. The van der Waals surface area contributed by atoms with Crippen LogP contribution in [0.1, 0.15) is 21.7 Å². The number of rotatable bonds is 5. The lowest BCUT2D eigenvalue weighted by atomic mass is 10.1. The number of fused-ring (bicyclic) bond motifs is 1. The van der Waals surface area contributed by atoms with E-state index in [-0.39, 0.29) is 16.9 Å². The first-order chi connectivity index (χ1) is 15.5. The number of hydrogen-bond acceptors (Lipinski definition) is 5. The summed E-state index contributed by atoms with van der Waals surface area (Å²) in [6.07, 6.45) is 3.21. The minimum atomic E-state index is -0.434. The van der Waals surface area contributed by atoms with Crippen molar-refractivity contribution in [1.29, 1.82) is 0 Å². The Morgan fingerprint density at radius 1 is 1.00 bits per heavy atom. The van der Waals surface area contributed by atoms with Gasteiger partial charge in [0.15, 0.2) is 0 Å². The molecule has 0 N–H and O–H groups in total. The summed E-state index contributed by atoms with van der Waals surface area (Å²) in [6.45, 7) is 0.358. The van der Waals surface area contributed by atoms with Gasteiger partial charge in [-0.3, -0.25) is 9.78 Å². The summed E-state index contributed by atoms with van der Waals surface area (Å²) in [5.41, 5.74) is 2.56. The van der Waals surface area contributed by atoms with Gasteiger partial charge in [0.1, 0.15) is 5.15 Å². The number of carbonyl (C=O) groups is 1. The van der Waals surface area contributed by atoms with Gasteiger partial charge in [-0.1, -0.05) is 64.2 Å². The zero-order valence-corrected chi connectivity index (χ0v) is 18.6. The highest BCUT2D eigenvalue weighted by atomic mass is 35.5. The highest BCUT2D eigenvalue weighted by Gasteiger charge is 2.26. The molecule has 6 nitrogen and oxygen atoms in total. The van der Waals surface area contributed by atoms with Gasteiger partial charge < -0.3 is 9.09 Å². The van der Waals surface area contributed by atoms with E-state index in [1.54, 1.807) is 36.7 Å². The van der Waals surface area contributed by atoms with E-state index in [2.05, 4.69) is 15.1 Å². The van der Waals surface area contributed by atoms with Crippen molar-refractivity contribution in [1.82, 2.24) is 19.7 Å². The smallest absolute Gasteiger partial charge is 0.258 e. The Morgan fingerprint density at radius 3 is 2.56 bits per heavy atom. The van der Waals surface area contributed by atoms with Crippen LogP contribution in [0.4, 0.5) is 0 Å². The van der Waals surface area contributed by atoms with Crippen LogP contribution in [0, 0.1) is 0 Å². The molecule has 0 bridgehead atoms. The lowest BCUT2D eigenvalue weighted by Gasteiger charge is -2.09. The van der Waals surface area contributed by atoms with Crippen molar-refractivity contribution in [2.45, 2.75) is 6.54 Å². The first-order valence-corrected chi connectivity index (χ1v) is 10.7. The number of hydrogen-bond donors (Lipinski definition) is 0. The predicted octanol–water partition coefficient (Wildman–Crippen LogP) is 6.33.